The fourth-order valence-electron chi connectivity index (χ4n) is 2.59. The molecule has 4 nitrogen and oxygen atoms in total. The number of carbonyl (C=O) groups excluding carboxylic acids is 1. The summed E-state index contributed by atoms with van der Waals surface area (Å²) in [6.45, 7) is 0.494. The maximum Gasteiger partial charge on any atom is 0.387 e. The summed E-state index contributed by atoms with van der Waals surface area (Å²) in [5, 5.41) is 0. The Morgan fingerprint density at radius 1 is 1.27 bits per heavy atom. The van der Waals surface area contributed by atoms with Gasteiger partial charge in [-0.1, -0.05) is 0 Å². The summed E-state index contributed by atoms with van der Waals surface area (Å²) in [5.74, 6) is 0.426. The Morgan fingerprint density at radius 3 is 2.27 bits per heavy atom. The highest BCUT2D eigenvalue weighted by Crippen LogP contribution is 2.22. The molecular formula is C15H21ClF2N2O2. The van der Waals surface area contributed by atoms with Gasteiger partial charge in [-0.05, 0) is 49.9 Å². The minimum absolute atomic E-state index is 0. The molecule has 2 N–H and O–H groups in total. The van der Waals surface area contributed by atoms with Gasteiger partial charge in [0.05, 0.1) is 0 Å². The van der Waals surface area contributed by atoms with Crippen LogP contribution >= 0.6 is 12.4 Å². The van der Waals surface area contributed by atoms with E-state index in [1.807, 2.05) is 6.92 Å². The van der Waals surface area contributed by atoms with Gasteiger partial charge in [0.15, 0.2) is 0 Å². The third kappa shape index (κ3) is 4.81. The number of hydrogen-bond acceptors (Lipinski definition) is 3. The van der Waals surface area contributed by atoms with E-state index in [9.17, 15) is 13.6 Å². The molecule has 1 atom stereocenters. The molecule has 1 fully saturated rings. The van der Waals surface area contributed by atoms with Gasteiger partial charge in [0.2, 0.25) is 0 Å². The second kappa shape index (κ2) is 8.29. The fraction of sp³-hybridized carbons (Fsp3) is 0.533. The number of rotatable bonds is 4. The number of nitrogens with zero attached hydrogens (tertiary/aromatic N) is 1. The lowest BCUT2D eigenvalue weighted by molar-refractivity contribution is -0.0498. The van der Waals surface area contributed by atoms with Crippen molar-refractivity contribution in [2.75, 3.05) is 13.1 Å². The molecular weight excluding hydrogens is 314 g/mol. The van der Waals surface area contributed by atoms with E-state index in [0.717, 1.165) is 12.8 Å². The number of hydrogen-bond donors (Lipinski definition) is 1. The molecule has 1 aliphatic heterocycles. The number of amides is 1. The van der Waals surface area contributed by atoms with Crippen LogP contribution in [0.25, 0.3) is 0 Å². The van der Waals surface area contributed by atoms with Gasteiger partial charge in [0.1, 0.15) is 5.75 Å². The number of alkyl halides is 2. The standard InChI is InChI=1S/C15H20F2N2O2.ClH/c1-10(18)11-6-8-19(9-7-11)14(20)12-2-4-13(5-3-12)21-15(16)17;/h2-5,10-11,15H,6-9,18H2,1H3;1H. The third-order valence-corrected chi connectivity index (χ3v) is 3.90. The Hall–Kier alpha value is -1.40. The van der Waals surface area contributed by atoms with Crippen molar-refractivity contribution in [2.45, 2.75) is 32.4 Å². The monoisotopic (exact) mass is 334 g/mol. The van der Waals surface area contributed by atoms with Crippen LogP contribution in [0, 0.1) is 5.92 Å². The molecule has 0 aromatic heterocycles. The first kappa shape index (κ1) is 18.6. The summed E-state index contributed by atoms with van der Waals surface area (Å²) in [5.41, 5.74) is 6.36. The second-order valence-electron chi connectivity index (χ2n) is 5.39. The summed E-state index contributed by atoms with van der Waals surface area (Å²) >= 11 is 0. The van der Waals surface area contributed by atoms with Crippen molar-refractivity contribution in [1.29, 1.82) is 0 Å². The maximum absolute atomic E-state index is 12.3. The van der Waals surface area contributed by atoms with Crippen molar-refractivity contribution in [3.63, 3.8) is 0 Å². The minimum atomic E-state index is -2.86. The van der Waals surface area contributed by atoms with Crippen LogP contribution in [0.5, 0.6) is 5.75 Å². The van der Waals surface area contributed by atoms with E-state index >= 15 is 0 Å². The summed E-state index contributed by atoms with van der Waals surface area (Å²) in [4.78, 5) is 14.1. The minimum Gasteiger partial charge on any atom is -0.435 e. The average Bonchev–Trinajstić information content (AvgIpc) is 2.47. The summed E-state index contributed by atoms with van der Waals surface area (Å²) in [6.07, 6.45) is 1.80. The lowest BCUT2D eigenvalue weighted by Crippen LogP contribution is -2.42. The second-order valence-corrected chi connectivity index (χ2v) is 5.39. The number of halogens is 3. The van der Waals surface area contributed by atoms with Gasteiger partial charge in [-0.2, -0.15) is 8.78 Å². The Labute approximate surface area is 135 Å². The first-order chi connectivity index (χ1) is 9.97. The molecule has 1 heterocycles. The van der Waals surface area contributed by atoms with E-state index in [1.54, 1.807) is 4.90 Å². The number of benzene rings is 1. The van der Waals surface area contributed by atoms with Gasteiger partial charge in [-0.15, -0.1) is 12.4 Å². The quantitative estimate of drug-likeness (QED) is 0.921. The lowest BCUT2D eigenvalue weighted by Gasteiger charge is -2.33. The van der Waals surface area contributed by atoms with Crippen molar-refractivity contribution in [1.82, 2.24) is 4.90 Å². The van der Waals surface area contributed by atoms with E-state index in [2.05, 4.69) is 4.74 Å². The maximum atomic E-state index is 12.3. The van der Waals surface area contributed by atoms with Crippen molar-refractivity contribution in [3.8, 4) is 5.75 Å². The molecule has 1 aliphatic rings. The number of carbonyl (C=O) groups is 1. The van der Waals surface area contributed by atoms with Crippen LogP contribution in [0.3, 0.4) is 0 Å². The van der Waals surface area contributed by atoms with Crippen LogP contribution in [0.4, 0.5) is 8.78 Å². The number of likely N-dealkylation sites (tertiary alicyclic amines) is 1. The van der Waals surface area contributed by atoms with Crippen LogP contribution in [0.15, 0.2) is 24.3 Å². The Bertz CT molecular complexity index is 475. The van der Waals surface area contributed by atoms with Crippen LogP contribution in [0.1, 0.15) is 30.1 Å². The highest BCUT2D eigenvalue weighted by Gasteiger charge is 2.25. The van der Waals surface area contributed by atoms with Gasteiger partial charge in [-0.3, -0.25) is 4.79 Å². The molecule has 1 saturated heterocycles. The Morgan fingerprint density at radius 2 is 1.82 bits per heavy atom. The van der Waals surface area contributed by atoms with E-state index in [4.69, 9.17) is 5.73 Å². The zero-order valence-electron chi connectivity index (χ0n) is 12.4. The molecule has 0 radical (unpaired) electrons. The van der Waals surface area contributed by atoms with Crippen LogP contribution in [-0.4, -0.2) is 36.5 Å². The van der Waals surface area contributed by atoms with E-state index in [-0.39, 0.29) is 30.1 Å². The first-order valence-electron chi connectivity index (χ1n) is 7.07. The molecule has 2 rings (SSSR count). The predicted molar refractivity (Wildman–Crippen MR) is 82.6 cm³/mol. The molecule has 22 heavy (non-hydrogen) atoms. The predicted octanol–water partition coefficient (Wildman–Crippen LogP) is 2.91. The van der Waals surface area contributed by atoms with Gasteiger partial charge in [-0.25, -0.2) is 0 Å². The zero-order chi connectivity index (χ0) is 15.4. The van der Waals surface area contributed by atoms with E-state index in [0.29, 0.717) is 24.6 Å². The lowest BCUT2D eigenvalue weighted by atomic mass is 9.90. The van der Waals surface area contributed by atoms with Crippen molar-refractivity contribution >= 4 is 18.3 Å². The van der Waals surface area contributed by atoms with Crippen molar-refractivity contribution < 1.29 is 18.3 Å². The molecule has 1 amide bonds. The van der Waals surface area contributed by atoms with Crippen LogP contribution in [-0.2, 0) is 0 Å². The zero-order valence-corrected chi connectivity index (χ0v) is 13.2. The Kier molecular flexibility index (Phi) is 7.03. The average molecular weight is 335 g/mol. The molecule has 0 saturated carbocycles. The highest BCUT2D eigenvalue weighted by atomic mass is 35.5. The molecule has 7 heteroatoms. The van der Waals surface area contributed by atoms with Gasteiger partial charge < -0.3 is 15.4 Å². The van der Waals surface area contributed by atoms with Crippen molar-refractivity contribution in [3.05, 3.63) is 29.8 Å². The number of piperidine rings is 1. The van der Waals surface area contributed by atoms with Crippen molar-refractivity contribution in [2.24, 2.45) is 11.7 Å². The highest BCUT2D eigenvalue weighted by molar-refractivity contribution is 5.94. The number of ether oxygens (including phenoxy) is 1. The molecule has 1 aromatic carbocycles. The Balaban J connectivity index is 0.00000242. The molecule has 0 aliphatic carbocycles. The van der Waals surface area contributed by atoms with Gasteiger partial charge >= 0.3 is 6.61 Å². The summed E-state index contributed by atoms with van der Waals surface area (Å²) in [6, 6.07) is 5.94. The SMILES string of the molecule is CC(N)C1CCN(C(=O)c2ccc(OC(F)F)cc2)CC1.Cl. The van der Waals surface area contributed by atoms with Crippen LogP contribution in [0.2, 0.25) is 0 Å². The fourth-order valence-corrected chi connectivity index (χ4v) is 2.59. The van der Waals surface area contributed by atoms with Gasteiger partial charge in [0, 0.05) is 24.7 Å². The van der Waals surface area contributed by atoms with Crippen LogP contribution < -0.4 is 10.5 Å². The summed E-state index contributed by atoms with van der Waals surface area (Å²) < 4.78 is 28.4. The smallest absolute Gasteiger partial charge is 0.387 e. The van der Waals surface area contributed by atoms with Gasteiger partial charge in [0.25, 0.3) is 5.91 Å². The first-order valence-corrected chi connectivity index (χ1v) is 7.07. The molecule has 0 spiro atoms. The number of nitrogens with two attached hydrogens (primary N) is 1. The summed E-state index contributed by atoms with van der Waals surface area (Å²) in [7, 11) is 0. The normalized spacial score (nSPS) is 17.0. The molecule has 1 aromatic rings. The van der Waals surface area contributed by atoms with E-state index in [1.165, 1.54) is 24.3 Å². The third-order valence-electron chi connectivity index (χ3n) is 3.90. The molecule has 0 bridgehead atoms. The largest absolute Gasteiger partial charge is 0.435 e. The van der Waals surface area contributed by atoms with E-state index < -0.39 is 6.61 Å². The topological polar surface area (TPSA) is 55.6 Å². The molecule has 124 valence electrons. The molecule has 1 unspecified atom stereocenters.